The Kier molecular flexibility index (Phi) is 6.18. The first-order chi connectivity index (χ1) is 10.4. The highest BCUT2D eigenvalue weighted by Gasteiger charge is 2.49. The lowest BCUT2D eigenvalue weighted by atomic mass is 9.73. The molecule has 0 aromatic rings. The van der Waals surface area contributed by atoms with Gasteiger partial charge >= 0.3 is 11.9 Å². The lowest BCUT2D eigenvalue weighted by Gasteiger charge is -2.31. The van der Waals surface area contributed by atoms with Crippen LogP contribution in [0.3, 0.4) is 0 Å². The van der Waals surface area contributed by atoms with Crippen LogP contribution in [0.4, 0.5) is 0 Å². The van der Waals surface area contributed by atoms with Crippen LogP contribution < -0.4 is 0 Å². The highest BCUT2D eigenvalue weighted by atomic mass is 16.5. The highest BCUT2D eigenvalue weighted by Crippen LogP contribution is 2.39. The molecule has 1 aliphatic carbocycles. The van der Waals surface area contributed by atoms with Gasteiger partial charge in [-0.25, -0.2) is 0 Å². The third-order valence-electron chi connectivity index (χ3n) is 4.03. The van der Waals surface area contributed by atoms with Crippen molar-refractivity contribution in [2.45, 2.75) is 25.7 Å². The molecule has 0 aromatic heterocycles. The van der Waals surface area contributed by atoms with Gasteiger partial charge in [-0.15, -0.1) is 12.3 Å². The molecular weight excluding hydrogens is 280 g/mol. The van der Waals surface area contributed by atoms with Crippen molar-refractivity contribution in [2.24, 2.45) is 11.3 Å². The number of hydrogen-bond acceptors (Lipinski definition) is 4. The molecule has 0 aliphatic heterocycles. The molecule has 1 aliphatic rings. The molecule has 0 saturated carbocycles. The van der Waals surface area contributed by atoms with Crippen molar-refractivity contribution in [3.05, 3.63) is 36.5 Å². The Morgan fingerprint density at radius 1 is 1.45 bits per heavy atom. The summed E-state index contributed by atoms with van der Waals surface area (Å²) in [5, 5.41) is 0. The largest absolute Gasteiger partial charge is 0.468 e. The number of esters is 2. The number of methoxy groups -OCH3 is 2. The van der Waals surface area contributed by atoms with E-state index in [2.05, 4.69) is 19.1 Å². The Labute approximate surface area is 131 Å². The zero-order valence-electron chi connectivity index (χ0n) is 13.2. The van der Waals surface area contributed by atoms with Crippen molar-refractivity contribution >= 4 is 11.9 Å². The Morgan fingerprint density at radius 3 is 2.50 bits per heavy atom. The standard InChI is InChI=1S/C18H22O4/c1-6-10-18(16(19)21-4,17(20)22-5)12-14-9-8-13(3)15(7-2)11-14/h1,7,11,14H,2-3,8-10,12H2,4-5H3. The van der Waals surface area contributed by atoms with Gasteiger partial charge in [-0.05, 0) is 36.3 Å². The van der Waals surface area contributed by atoms with Crippen LogP contribution in [0.25, 0.3) is 0 Å². The fraction of sp³-hybridized carbons (Fsp3) is 0.444. The maximum Gasteiger partial charge on any atom is 0.324 e. The van der Waals surface area contributed by atoms with Gasteiger partial charge in [0.15, 0.2) is 5.41 Å². The predicted octanol–water partition coefficient (Wildman–Crippen LogP) is 2.81. The number of allylic oxidation sites excluding steroid dienone is 4. The van der Waals surface area contributed by atoms with Gasteiger partial charge in [0.25, 0.3) is 0 Å². The fourth-order valence-corrected chi connectivity index (χ4v) is 2.81. The van der Waals surface area contributed by atoms with Gasteiger partial charge in [0.2, 0.25) is 0 Å². The number of terminal acetylenes is 1. The molecule has 0 radical (unpaired) electrons. The van der Waals surface area contributed by atoms with Crippen LogP contribution >= 0.6 is 0 Å². The number of carbonyl (C=O) groups excluding carboxylic acids is 2. The Bertz CT molecular complexity index is 532. The van der Waals surface area contributed by atoms with Crippen LogP contribution in [0.2, 0.25) is 0 Å². The van der Waals surface area contributed by atoms with Gasteiger partial charge in [0, 0.05) is 6.42 Å². The molecule has 1 rings (SSSR count). The summed E-state index contributed by atoms with van der Waals surface area (Å²) in [6.07, 6.45) is 10.9. The molecule has 0 amide bonds. The second-order valence-corrected chi connectivity index (χ2v) is 5.38. The number of rotatable bonds is 6. The third-order valence-corrected chi connectivity index (χ3v) is 4.03. The summed E-state index contributed by atoms with van der Waals surface area (Å²) in [4.78, 5) is 24.5. The van der Waals surface area contributed by atoms with Crippen molar-refractivity contribution in [3.8, 4) is 12.3 Å². The fourth-order valence-electron chi connectivity index (χ4n) is 2.81. The van der Waals surface area contributed by atoms with E-state index < -0.39 is 17.4 Å². The average molecular weight is 302 g/mol. The van der Waals surface area contributed by atoms with Crippen LogP contribution in [-0.4, -0.2) is 26.2 Å². The Morgan fingerprint density at radius 2 is 2.05 bits per heavy atom. The van der Waals surface area contributed by atoms with Crippen molar-refractivity contribution in [1.82, 2.24) is 0 Å². The molecule has 0 spiro atoms. The van der Waals surface area contributed by atoms with Gasteiger partial charge in [0.1, 0.15) is 0 Å². The van der Waals surface area contributed by atoms with Crippen molar-refractivity contribution < 1.29 is 19.1 Å². The molecule has 0 bridgehead atoms. The van der Waals surface area contributed by atoms with Crippen LogP contribution in [0.15, 0.2) is 36.5 Å². The minimum atomic E-state index is -1.47. The minimum absolute atomic E-state index is 0.00468. The first-order valence-corrected chi connectivity index (χ1v) is 7.07. The highest BCUT2D eigenvalue weighted by molar-refractivity contribution is 6.00. The molecule has 22 heavy (non-hydrogen) atoms. The van der Waals surface area contributed by atoms with E-state index in [1.54, 1.807) is 6.08 Å². The van der Waals surface area contributed by atoms with Gasteiger partial charge < -0.3 is 9.47 Å². The van der Waals surface area contributed by atoms with E-state index in [0.29, 0.717) is 0 Å². The summed E-state index contributed by atoms with van der Waals surface area (Å²) in [7, 11) is 2.48. The van der Waals surface area contributed by atoms with Crippen molar-refractivity contribution in [3.63, 3.8) is 0 Å². The van der Waals surface area contributed by atoms with Gasteiger partial charge in [-0.2, -0.15) is 0 Å². The van der Waals surface area contributed by atoms with E-state index in [-0.39, 0.29) is 18.8 Å². The van der Waals surface area contributed by atoms with Crippen LogP contribution in [0.1, 0.15) is 25.7 Å². The maximum absolute atomic E-state index is 12.2. The molecule has 0 N–H and O–H groups in total. The molecule has 0 aromatic carbocycles. The van der Waals surface area contributed by atoms with E-state index in [9.17, 15) is 9.59 Å². The lowest BCUT2D eigenvalue weighted by Crippen LogP contribution is -2.42. The van der Waals surface area contributed by atoms with Crippen LogP contribution in [-0.2, 0) is 19.1 Å². The lowest BCUT2D eigenvalue weighted by molar-refractivity contribution is -0.170. The second kappa shape index (κ2) is 7.65. The van der Waals surface area contributed by atoms with Gasteiger partial charge in [-0.3, -0.25) is 9.59 Å². The van der Waals surface area contributed by atoms with E-state index in [4.69, 9.17) is 15.9 Å². The molecule has 118 valence electrons. The molecule has 4 nitrogen and oxygen atoms in total. The summed E-state index contributed by atoms with van der Waals surface area (Å²) < 4.78 is 9.63. The van der Waals surface area contributed by atoms with Crippen molar-refractivity contribution in [2.75, 3.05) is 14.2 Å². The van der Waals surface area contributed by atoms with Crippen molar-refractivity contribution in [1.29, 1.82) is 0 Å². The molecule has 0 fully saturated rings. The summed E-state index contributed by atoms with van der Waals surface area (Å²) in [5.74, 6) is 1.09. The SMILES string of the molecule is C#CCC(CC1C=C(C=C)C(=C)CC1)(C(=O)OC)C(=O)OC. The smallest absolute Gasteiger partial charge is 0.324 e. The number of hydrogen-bond donors (Lipinski definition) is 0. The van der Waals surface area contributed by atoms with E-state index in [1.165, 1.54) is 14.2 Å². The molecule has 0 heterocycles. The molecule has 1 atom stereocenters. The second-order valence-electron chi connectivity index (χ2n) is 5.38. The Balaban J connectivity index is 3.18. The zero-order chi connectivity index (χ0) is 16.8. The summed E-state index contributed by atoms with van der Waals surface area (Å²) in [5.41, 5.74) is 0.482. The average Bonchev–Trinajstić information content (AvgIpc) is 2.54. The number of ether oxygens (including phenoxy) is 2. The maximum atomic E-state index is 12.2. The monoisotopic (exact) mass is 302 g/mol. The molecular formula is C18H22O4. The summed E-state index contributed by atoms with van der Waals surface area (Å²) in [6.45, 7) is 7.74. The topological polar surface area (TPSA) is 52.6 Å². The van der Waals surface area contributed by atoms with E-state index >= 15 is 0 Å². The quantitative estimate of drug-likeness (QED) is 0.430. The molecule has 1 unspecified atom stereocenters. The molecule has 0 saturated heterocycles. The van der Waals surface area contributed by atoms with Crippen LogP contribution in [0.5, 0.6) is 0 Å². The third kappa shape index (κ3) is 3.48. The van der Waals surface area contributed by atoms with Gasteiger partial charge in [0.05, 0.1) is 14.2 Å². The number of carbonyl (C=O) groups is 2. The van der Waals surface area contributed by atoms with Gasteiger partial charge in [-0.1, -0.05) is 25.3 Å². The first-order valence-electron chi connectivity index (χ1n) is 7.07. The van der Waals surface area contributed by atoms with Crippen LogP contribution in [0, 0.1) is 23.7 Å². The predicted molar refractivity (Wildman–Crippen MR) is 84.7 cm³/mol. The summed E-state index contributed by atoms with van der Waals surface area (Å²) in [6, 6.07) is 0. The molecule has 4 heteroatoms. The van der Waals surface area contributed by atoms with E-state index in [0.717, 1.165) is 24.0 Å². The Hall–Kier alpha value is -2.28. The summed E-state index contributed by atoms with van der Waals surface area (Å²) >= 11 is 0. The zero-order valence-corrected chi connectivity index (χ0v) is 13.2. The minimum Gasteiger partial charge on any atom is -0.468 e. The van der Waals surface area contributed by atoms with E-state index in [1.807, 2.05) is 6.08 Å². The first kappa shape index (κ1) is 17.8. The normalized spacial score (nSPS) is 18.0.